The molecule has 0 unspecified atom stereocenters. The van der Waals surface area contributed by atoms with E-state index in [1.54, 1.807) is 0 Å². The molecular weight excluding hydrogens is 192 g/mol. The van der Waals surface area contributed by atoms with Crippen LogP contribution in [0.15, 0.2) is 0 Å². The predicted molar refractivity (Wildman–Crippen MR) is 56.2 cm³/mol. The molecule has 0 amide bonds. The summed E-state index contributed by atoms with van der Waals surface area (Å²) in [7, 11) is 0. The van der Waals surface area contributed by atoms with E-state index in [9.17, 15) is 4.79 Å². The first kappa shape index (κ1) is 10.4. The molecular formula is C11H16N2O2. The average molecular weight is 208 g/mol. The van der Waals surface area contributed by atoms with Crippen LogP contribution in [0.2, 0.25) is 0 Å². The number of ether oxygens (including phenoxy) is 1. The van der Waals surface area contributed by atoms with Crippen LogP contribution in [-0.4, -0.2) is 29.3 Å². The van der Waals surface area contributed by atoms with Crippen molar-refractivity contribution in [1.29, 1.82) is 0 Å². The summed E-state index contributed by atoms with van der Waals surface area (Å²) in [5, 5.41) is 4.49. The van der Waals surface area contributed by atoms with Crippen LogP contribution in [-0.2, 0) is 17.6 Å². The number of hydrogen-bond donors (Lipinski definition) is 0. The van der Waals surface area contributed by atoms with Gasteiger partial charge < -0.3 is 4.74 Å². The van der Waals surface area contributed by atoms with E-state index in [0.29, 0.717) is 13.2 Å². The van der Waals surface area contributed by atoms with E-state index >= 15 is 0 Å². The minimum atomic E-state index is 0.234. The fourth-order valence-corrected chi connectivity index (χ4v) is 1.97. The lowest BCUT2D eigenvalue weighted by molar-refractivity contribution is 0.111. The monoisotopic (exact) mass is 208 g/mol. The Bertz CT molecular complexity index is 369. The lowest BCUT2D eigenvalue weighted by Crippen LogP contribution is -2.09. The Balaban J connectivity index is 2.47. The van der Waals surface area contributed by atoms with Crippen LogP contribution in [0, 0.1) is 0 Å². The zero-order valence-corrected chi connectivity index (χ0v) is 9.19. The first-order valence-electron chi connectivity index (χ1n) is 5.37. The molecule has 0 spiro atoms. The molecule has 1 aromatic heterocycles. The number of carbonyl (C=O) groups excluding carboxylic acids is 1. The Labute approximate surface area is 89.2 Å². The lowest BCUT2D eigenvalue weighted by atomic mass is 10.1. The van der Waals surface area contributed by atoms with Crippen LogP contribution in [0.1, 0.15) is 41.6 Å². The molecule has 2 heterocycles. The zero-order chi connectivity index (χ0) is 10.8. The smallest absolute Gasteiger partial charge is 0.168 e. The average Bonchev–Trinajstić information content (AvgIpc) is 2.40. The third kappa shape index (κ3) is 1.81. The quantitative estimate of drug-likeness (QED) is 0.690. The van der Waals surface area contributed by atoms with Gasteiger partial charge in [0.15, 0.2) is 6.29 Å². The van der Waals surface area contributed by atoms with E-state index in [1.165, 1.54) is 0 Å². The number of rotatable bonds is 2. The molecule has 0 saturated carbocycles. The molecule has 1 aliphatic heterocycles. The first-order chi connectivity index (χ1) is 7.24. The zero-order valence-electron chi connectivity index (χ0n) is 9.19. The van der Waals surface area contributed by atoms with Gasteiger partial charge >= 0.3 is 0 Å². The van der Waals surface area contributed by atoms with Gasteiger partial charge in [0.25, 0.3) is 0 Å². The van der Waals surface area contributed by atoms with Gasteiger partial charge in [0.05, 0.1) is 18.9 Å². The van der Waals surface area contributed by atoms with E-state index in [-0.39, 0.29) is 6.04 Å². The Morgan fingerprint density at radius 1 is 1.40 bits per heavy atom. The summed E-state index contributed by atoms with van der Waals surface area (Å²) in [4.78, 5) is 11.1. The summed E-state index contributed by atoms with van der Waals surface area (Å²) < 4.78 is 7.19. The van der Waals surface area contributed by atoms with Crippen LogP contribution in [0.3, 0.4) is 0 Å². The van der Waals surface area contributed by atoms with E-state index in [0.717, 1.165) is 36.1 Å². The highest BCUT2D eigenvalue weighted by Crippen LogP contribution is 2.20. The molecule has 82 valence electrons. The summed E-state index contributed by atoms with van der Waals surface area (Å²) in [5.41, 5.74) is 2.84. The fourth-order valence-electron chi connectivity index (χ4n) is 1.97. The molecule has 0 fully saturated rings. The molecule has 2 rings (SSSR count). The maximum Gasteiger partial charge on any atom is 0.168 e. The molecule has 4 nitrogen and oxygen atoms in total. The summed E-state index contributed by atoms with van der Waals surface area (Å²) in [6.45, 7) is 5.48. The molecule has 15 heavy (non-hydrogen) atoms. The van der Waals surface area contributed by atoms with Gasteiger partial charge in [0.2, 0.25) is 0 Å². The first-order valence-corrected chi connectivity index (χ1v) is 5.37. The second-order valence-electron chi connectivity index (χ2n) is 4.08. The summed E-state index contributed by atoms with van der Waals surface area (Å²) >= 11 is 0. The van der Waals surface area contributed by atoms with Crippen molar-refractivity contribution in [3.8, 4) is 0 Å². The highest BCUT2D eigenvalue weighted by Gasteiger charge is 2.20. The van der Waals surface area contributed by atoms with Gasteiger partial charge in [-0.2, -0.15) is 5.10 Å². The summed E-state index contributed by atoms with van der Waals surface area (Å²) in [6, 6.07) is 0.234. The molecule has 0 bridgehead atoms. The van der Waals surface area contributed by atoms with Gasteiger partial charge in [0.1, 0.15) is 5.69 Å². The van der Waals surface area contributed by atoms with Gasteiger partial charge in [-0.25, -0.2) is 0 Å². The van der Waals surface area contributed by atoms with E-state index in [1.807, 2.05) is 18.5 Å². The van der Waals surface area contributed by atoms with Crippen LogP contribution in [0.5, 0.6) is 0 Å². The number of nitrogens with zero attached hydrogens (tertiary/aromatic N) is 2. The minimum absolute atomic E-state index is 0.234. The van der Waals surface area contributed by atoms with Crippen LogP contribution >= 0.6 is 0 Å². The SMILES string of the molecule is CC(C)n1nc2c(c1C=O)CCOCC2. The van der Waals surface area contributed by atoms with Crippen molar-refractivity contribution < 1.29 is 9.53 Å². The van der Waals surface area contributed by atoms with E-state index in [2.05, 4.69) is 5.10 Å². The Morgan fingerprint density at radius 3 is 2.80 bits per heavy atom. The van der Waals surface area contributed by atoms with Crippen molar-refractivity contribution in [2.24, 2.45) is 0 Å². The normalized spacial score (nSPS) is 16.2. The molecule has 0 saturated heterocycles. The third-order valence-electron chi connectivity index (χ3n) is 2.71. The molecule has 4 heteroatoms. The second kappa shape index (κ2) is 4.14. The van der Waals surface area contributed by atoms with Crippen molar-refractivity contribution >= 4 is 6.29 Å². The van der Waals surface area contributed by atoms with Gasteiger partial charge in [-0.15, -0.1) is 0 Å². The van der Waals surface area contributed by atoms with E-state index < -0.39 is 0 Å². The van der Waals surface area contributed by atoms with Crippen molar-refractivity contribution in [1.82, 2.24) is 9.78 Å². The summed E-state index contributed by atoms with van der Waals surface area (Å²) in [5.74, 6) is 0. The maximum absolute atomic E-state index is 11.1. The van der Waals surface area contributed by atoms with Gasteiger partial charge in [0, 0.05) is 18.0 Å². The number of fused-ring (bicyclic) bond motifs is 1. The number of hydrogen-bond acceptors (Lipinski definition) is 3. The molecule has 1 aromatic rings. The minimum Gasteiger partial charge on any atom is -0.381 e. The Kier molecular flexibility index (Phi) is 2.86. The highest BCUT2D eigenvalue weighted by atomic mass is 16.5. The van der Waals surface area contributed by atoms with Gasteiger partial charge in [-0.1, -0.05) is 0 Å². The predicted octanol–water partition coefficient (Wildman–Crippen LogP) is 1.39. The largest absolute Gasteiger partial charge is 0.381 e. The van der Waals surface area contributed by atoms with Crippen molar-refractivity contribution in [2.45, 2.75) is 32.7 Å². The molecule has 0 aliphatic carbocycles. The molecule has 1 aliphatic rings. The number of aromatic nitrogens is 2. The van der Waals surface area contributed by atoms with Crippen molar-refractivity contribution in [2.75, 3.05) is 13.2 Å². The van der Waals surface area contributed by atoms with Crippen LogP contribution in [0.25, 0.3) is 0 Å². The van der Waals surface area contributed by atoms with Crippen LogP contribution in [0.4, 0.5) is 0 Å². The fraction of sp³-hybridized carbons (Fsp3) is 0.636. The lowest BCUT2D eigenvalue weighted by Gasteiger charge is -2.07. The Hall–Kier alpha value is -1.16. The molecule has 0 atom stereocenters. The summed E-state index contributed by atoms with van der Waals surface area (Å²) in [6.07, 6.45) is 2.53. The van der Waals surface area contributed by atoms with Gasteiger partial charge in [-0.05, 0) is 20.3 Å². The van der Waals surface area contributed by atoms with E-state index in [4.69, 9.17) is 4.74 Å². The molecule has 0 aromatic carbocycles. The second-order valence-corrected chi connectivity index (χ2v) is 4.08. The van der Waals surface area contributed by atoms with Gasteiger partial charge in [-0.3, -0.25) is 9.48 Å². The van der Waals surface area contributed by atoms with Crippen molar-refractivity contribution in [3.05, 3.63) is 17.0 Å². The Morgan fingerprint density at radius 2 is 2.13 bits per heavy atom. The maximum atomic E-state index is 11.1. The number of aldehydes is 1. The van der Waals surface area contributed by atoms with Crippen LogP contribution < -0.4 is 0 Å². The third-order valence-corrected chi connectivity index (χ3v) is 2.71. The number of carbonyl (C=O) groups is 1. The highest BCUT2D eigenvalue weighted by molar-refractivity contribution is 5.75. The molecule has 0 radical (unpaired) electrons. The standard InChI is InChI=1S/C11H16N2O2/c1-8(2)13-11(7-14)9-3-5-15-6-4-10(9)12-13/h7-8H,3-6H2,1-2H3. The molecule has 0 N–H and O–H groups in total. The topological polar surface area (TPSA) is 44.1 Å². The van der Waals surface area contributed by atoms with Crippen molar-refractivity contribution in [3.63, 3.8) is 0 Å².